The lowest BCUT2D eigenvalue weighted by molar-refractivity contribution is -0.0521. The zero-order chi connectivity index (χ0) is 15.4. The smallest absolute Gasteiger partial charge is 0.387 e. The summed E-state index contributed by atoms with van der Waals surface area (Å²) >= 11 is 7.27. The van der Waals surface area contributed by atoms with Crippen LogP contribution in [-0.4, -0.2) is 13.2 Å². The SMILES string of the molecule is Nc1cc(F)c(OC(F)F)cc1NCCc1ccc(Cl)s1. The third-order valence-corrected chi connectivity index (χ3v) is 3.93. The summed E-state index contributed by atoms with van der Waals surface area (Å²) in [7, 11) is 0. The molecular formula is C13H12ClF3N2OS. The van der Waals surface area contributed by atoms with Crippen LogP contribution in [0.5, 0.6) is 5.75 Å². The van der Waals surface area contributed by atoms with Gasteiger partial charge in [0.15, 0.2) is 11.6 Å². The topological polar surface area (TPSA) is 47.3 Å². The Morgan fingerprint density at radius 3 is 2.71 bits per heavy atom. The molecule has 0 radical (unpaired) electrons. The van der Waals surface area contributed by atoms with Crippen molar-refractivity contribution in [3.63, 3.8) is 0 Å². The Morgan fingerprint density at radius 1 is 1.33 bits per heavy atom. The first-order valence-corrected chi connectivity index (χ1v) is 7.17. The van der Waals surface area contributed by atoms with E-state index in [9.17, 15) is 13.2 Å². The van der Waals surface area contributed by atoms with E-state index in [2.05, 4.69) is 10.1 Å². The molecule has 0 amide bonds. The summed E-state index contributed by atoms with van der Waals surface area (Å²) in [6.45, 7) is -2.59. The highest BCUT2D eigenvalue weighted by atomic mass is 35.5. The predicted molar refractivity (Wildman–Crippen MR) is 79.0 cm³/mol. The lowest BCUT2D eigenvalue weighted by Gasteiger charge is -2.12. The van der Waals surface area contributed by atoms with Gasteiger partial charge in [-0.1, -0.05) is 11.6 Å². The Hall–Kier alpha value is -1.60. The molecule has 1 aromatic carbocycles. The number of ether oxygens (including phenoxy) is 1. The van der Waals surface area contributed by atoms with Crippen LogP contribution >= 0.6 is 22.9 Å². The zero-order valence-corrected chi connectivity index (χ0v) is 12.3. The summed E-state index contributed by atoms with van der Waals surface area (Å²) in [4.78, 5) is 1.07. The summed E-state index contributed by atoms with van der Waals surface area (Å²) in [5.41, 5.74) is 6.11. The van der Waals surface area contributed by atoms with Crippen molar-refractivity contribution in [1.29, 1.82) is 0 Å². The molecule has 8 heteroatoms. The molecule has 0 aliphatic rings. The minimum Gasteiger partial charge on any atom is -0.432 e. The average Bonchev–Trinajstić information content (AvgIpc) is 2.80. The molecule has 0 saturated carbocycles. The van der Waals surface area contributed by atoms with Gasteiger partial charge >= 0.3 is 6.61 Å². The number of alkyl halides is 2. The maximum absolute atomic E-state index is 13.4. The number of anilines is 2. The monoisotopic (exact) mass is 336 g/mol. The largest absolute Gasteiger partial charge is 0.432 e. The highest BCUT2D eigenvalue weighted by Crippen LogP contribution is 2.29. The molecular weight excluding hydrogens is 325 g/mol. The van der Waals surface area contributed by atoms with Gasteiger partial charge < -0.3 is 15.8 Å². The zero-order valence-electron chi connectivity index (χ0n) is 10.7. The maximum Gasteiger partial charge on any atom is 0.387 e. The van der Waals surface area contributed by atoms with Gasteiger partial charge in [0.2, 0.25) is 0 Å². The van der Waals surface area contributed by atoms with E-state index >= 15 is 0 Å². The Labute approximate surface area is 128 Å². The molecule has 0 aliphatic carbocycles. The van der Waals surface area contributed by atoms with Crippen molar-refractivity contribution < 1.29 is 17.9 Å². The first kappa shape index (κ1) is 15.8. The third kappa shape index (κ3) is 4.44. The Kier molecular flexibility index (Phi) is 5.19. The van der Waals surface area contributed by atoms with Crippen molar-refractivity contribution in [1.82, 2.24) is 0 Å². The van der Waals surface area contributed by atoms with Crippen LogP contribution in [0.2, 0.25) is 4.34 Å². The molecule has 0 spiro atoms. The predicted octanol–water partition coefficient (Wildman–Crippen LogP) is 4.38. The molecule has 0 atom stereocenters. The number of hydrogen-bond donors (Lipinski definition) is 2. The van der Waals surface area contributed by atoms with Gasteiger partial charge in [0.1, 0.15) is 0 Å². The van der Waals surface area contributed by atoms with E-state index in [0.29, 0.717) is 23.0 Å². The number of benzene rings is 1. The van der Waals surface area contributed by atoms with Crippen LogP contribution < -0.4 is 15.8 Å². The molecule has 114 valence electrons. The van der Waals surface area contributed by atoms with Crippen molar-refractivity contribution >= 4 is 34.3 Å². The van der Waals surface area contributed by atoms with Crippen LogP contribution in [0.3, 0.4) is 0 Å². The minimum absolute atomic E-state index is 0.123. The van der Waals surface area contributed by atoms with E-state index in [1.54, 1.807) is 6.07 Å². The van der Waals surface area contributed by atoms with Crippen LogP contribution in [0.15, 0.2) is 24.3 Å². The van der Waals surface area contributed by atoms with E-state index in [1.165, 1.54) is 11.3 Å². The fraction of sp³-hybridized carbons (Fsp3) is 0.231. The molecule has 0 unspecified atom stereocenters. The van der Waals surface area contributed by atoms with Gasteiger partial charge in [-0.2, -0.15) is 8.78 Å². The van der Waals surface area contributed by atoms with Crippen molar-refractivity contribution in [2.75, 3.05) is 17.6 Å². The number of nitrogen functional groups attached to an aromatic ring is 1. The maximum atomic E-state index is 13.4. The summed E-state index contributed by atoms with van der Waals surface area (Å²) in [5.74, 6) is -1.47. The second-order valence-electron chi connectivity index (χ2n) is 4.13. The van der Waals surface area contributed by atoms with E-state index in [4.69, 9.17) is 17.3 Å². The third-order valence-electron chi connectivity index (χ3n) is 2.64. The normalized spacial score (nSPS) is 10.9. The Morgan fingerprint density at radius 2 is 2.10 bits per heavy atom. The van der Waals surface area contributed by atoms with E-state index in [1.807, 2.05) is 6.07 Å². The van der Waals surface area contributed by atoms with Crippen LogP contribution in [0.25, 0.3) is 0 Å². The molecule has 2 aromatic rings. The van der Waals surface area contributed by atoms with E-state index < -0.39 is 18.2 Å². The van der Waals surface area contributed by atoms with Crippen molar-refractivity contribution in [3.05, 3.63) is 39.3 Å². The molecule has 0 saturated heterocycles. The second kappa shape index (κ2) is 6.91. The van der Waals surface area contributed by atoms with Gasteiger partial charge in [0, 0.05) is 23.6 Å². The molecule has 1 heterocycles. The van der Waals surface area contributed by atoms with Crippen LogP contribution in [-0.2, 0) is 6.42 Å². The standard InChI is InChI=1S/C13H12ClF3N2OS/c14-12-2-1-7(21-12)3-4-19-10-6-11(20-13(16)17)8(15)5-9(10)18/h1-2,5-6,13,19H,3-4,18H2. The number of rotatable bonds is 6. The minimum atomic E-state index is -3.09. The van der Waals surface area contributed by atoms with Gasteiger partial charge in [-0.05, 0) is 18.6 Å². The molecule has 3 N–H and O–H groups in total. The van der Waals surface area contributed by atoms with Gasteiger partial charge in [0.05, 0.1) is 15.7 Å². The van der Waals surface area contributed by atoms with Gasteiger partial charge in [0.25, 0.3) is 0 Å². The van der Waals surface area contributed by atoms with Gasteiger partial charge in [-0.3, -0.25) is 0 Å². The lowest BCUT2D eigenvalue weighted by Crippen LogP contribution is -2.09. The van der Waals surface area contributed by atoms with Crippen LogP contribution in [0.4, 0.5) is 24.5 Å². The second-order valence-corrected chi connectivity index (χ2v) is 5.93. The summed E-state index contributed by atoms with van der Waals surface area (Å²) in [6.07, 6.45) is 0.680. The molecule has 21 heavy (non-hydrogen) atoms. The van der Waals surface area contributed by atoms with Crippen LogP contribution in [0, 0.1) is 5.82 Å². The van der Waals surface area contributed by atoms with Crippen molar-refractivity contribution in [2.24, 2.45) is 0 Å². The van der Waals surface area contributed by atoms with Gasteiger partial charge in [-0.15, -0.1) is 11.3 Å². The fourth-order valence-electron chi connectivity index (χ4n) is 1.71. The Balaban J connectivity index is 2.01. The summed E-state index contributed by atoms with van der Waals surface area (Å²) < 4.78 is 42.5. The first-order chi connectivity index (χ1) is 9.95. The lowest BCUT2D eigenvalue weighted by atomic mass is 10.2. The Bertz CT molecular complexity index is 621. The number of hydrogen-bond acceptors (Lipinski definition) is 4. The van der Waals surface area contributed by atoms with E-state index in [0.717, 1.165) is 17.0 Å². The number of thiophene rings is 1. The van der Waals surface area contributed by atoms with Gasteiger partial charge in [-0.25, -0.2) is 4.39 Å². The first-order valence-electron chi connectivity index (χ1n) is 5.97. The highest BCUT2D eigenvalue weighted by molar-refractivity contribution is 7.16. The quantitative estimate of drug-likeness (QED) is 0.770. The number of nitrogens with one attached hydrogen (secondary N) is 1. The highest BCUT2D eigenvalue weighted by Gasteiger charge is 2.13. The molecule has 2 rings (SSSR count). The fourth-order valence-corrected chi connectivity index (χ4v) is 2.80. The number of halogens is 4. The van der Waals surface area contributed by atoms with Crippen molar-refractivity contribution in [2.45, 2.75) is 13.0 Å². The van der Waals surface area contributed by atoms with Crippen LogP contribution in [0.1, 0.15) is 4.88 Å². The molecule has 1 aromatic heterocycles. The molecule has 0 fully saturated rings. The molecule has 3 nitrogen and oxygen atoms in total. The average molecular weight is 337 g/mol. The number of nitrogens with two attached hydrogens (primary N) is 1. The molecule has 0 bridgehead atoms. The molecule has 0 aliphatic heterocycles. The summed E-state index contributed by atoms with van der Waals surface area (Å²) in [5, 5.41) is 2.96. The van der Waals surface area contributed by atoms with E-state index in [-0.39, 0.29) is 5.69 Å². The van der Waals surface area contributed by atoms with Crippen molar-refractivity contribution in [3.8, 4) is 5.75 Å². The summed E-state index contributed by atoms with van der Waals surface area (Å²) in [6, 6.07) is 5.76.